The van der Waals surface area contributed by atoms with Gasteiger partial charge in [0.05, 0.1) is 19.2 Å². The molecule has 1 fully saturated rings. The van der Waals surface area contributed by atoms with Gasteiger partial charge < -0.3 is 19.7 Å². The number of ether oxygens (including phenoxy) is 2. The van der Waals surface area contributed by atoms with E-state index in [0.29, 0.717) is 35.3 Å². The van der Waals surface area contributed by atoms with Gasteiger partial charge in [0.1, 0.15) is 5.82 Å². The number of H-pyrrole nitrogens is 1. The van der Waals surface area contributed by atoms with Crippen molar-refractivity contribution in [2.24, 2.45) is 0 Å². The number of anilines is 2. The highest BCUT2D eigenvalue weighted by Crippen LogP contribution is 2.35. The molecule has 3 aromatic rings. The number of nitrogens with zero attached hydrogens (tertiary/aromatic N) is 4. The molecule has 0 radical (unpaired) electrons. The fraction of sp³-hybridized carbons (Fsp3) is 0.450. The predicted molar refractivity (Wildman–Crippen MR) is 113 cm³/mol. The van der Waals surface area contributed by atoms with Crippen molar-refractivity contribution in [2.45, 2.75) is 26.2 Å². The summed E-state index contributed by atoms with van der Waals surface area (Å²) in [7, 11) is 1.62. The van der Waals surface area contributed by atoms with Gasteiger partial charge in [0.15, 0.2) is 17.3 Å². The molecule has 0 unspecified atom stereocenters. The van der Waals surface area contributed by atoms with E-state index in [1.807, 2.05) is 25.1 Å². The average Bonchev–Trinajstić information content (AvgIpc) is 3.36. The zero-order valence-electron chi connectivity index (χ0n) is 16.7. The second-order valence-corrected chi connectivity index (χ2v) is 7.51. The van der Waals surface area contributed by atoms with Gasteiger partial charge in [-0.1, -0.05) is 0 Å². The van der Waals surface area contributed by atoms with E-state index in [1.54, 1.807) is 7.11 Å². The monoisotopic (exact) mass is 416 g/mol. The molecule has 1 aromatic carbocycles. The number of aromatic nitrogens is 4. The fourth-order valence-corrected chi connectivity index (χ4v) is 3.73. The number of rotatable bonds is 8. The Labute approximate surface area is 174 Å². The SMILES string of the molecule is COc1cc2c(Nc3cc(C)[nH]n3)nc(Cl)nc2cc1OCCCN1CCCC1. The van der Waals surface area contributed by atoms with E-state index < -0.39 is 0 Å². The lowest BCUT2D eigenvalue weighted by Gasteiger charge is -2.16. The second kappa shape index (κ2) is 8.84. The Balaban J connectivity index is 1.54. The molecule has 0 atom stereocenters. The molecule has 0 amide bonds. The summed E-state index contributed by atoms with van der Waals surface area (Å²) in [6, 6.07) is 5.60. The molecule has 4 rings (SSSR count). The number of hydrogen-bond acceptors (Lipinski definition) is 7. The van der Waals surface area contributed by atoms with Crippen LogP contribution < -0.4 is 14.8 Å². The minimum Gasteiger partial charge on any atom is -0.493 e. The van der Waals surface area contributed by atoms with Crippen LogP contribution in [0.3, 0.4) is 0 Å². The number of aryl methyl sites for hydroxylation is 1. The molecule has 1 aliphatic rings. The highest BCUT2D eigenvalue weighted by atomic mass is 35.5. The Morgan fingerprint density at radius 2 is 2.00 bits per heavy atom. The van der Waals surface area contributed by atoms with Gasteiger partial charge in [-0.05, 0) is 56.9 Å². The van der Waals surface area contributed by atoms with Crippen molar-refractivity contribution in [1.29, 1.82) is 0 Å². The lowest BCUT2D eigenvalue weighted by atomic mass is 10.2. The van der Waals surface area contributed by atoms with Gasteiger partial charge in [-0.3, -0.25) is 5.10 Å². The zero-order valence-corrected chi connectivity index (χ0v) is 17.4. The molecular formula is C20H25ClN6O2. The highest BCUT2D eigenvalue weighted by Gasteiger charge is 2.15. The number of halogens is 1. The van der Waals surface area contributed by atoms with E-state index in [9.17, 15) is 0 Å². The quantitative estimate of drug-likeness (QED) is 0.424. The molecule has 3 heterocycles. The van der Waals surface area contributed by atoms with Gasteiger partial charge >= 0.3 is 0 Å². The largest absolute Gasteiger partial charge is 0.493 e. The first-order valence-corrected chi connectivity index (χ1v) is 10.2. The van der Waals surface area contributed by atoms with Crippen LogP contribution in [0.25, 0.3) is 10.9 Å². The Hall–Kier alpha value is -2.58. The van der Waals surface area contributed by atoms with Crippen molar-refractivity contribution in [3.63, 3.8) is 0 Å². The Morgan fingerprint density at radius 1 is 1.17 bits per heavy atom. The highest BCUT2D eigenvalue weighted by molar-refractivity contribution is 6.28. The van der Waals surface area contributed by atoms with Gasteiger partial charge in [0.2, 0.25) is 5.28 Å². The number of fused-ring (bicyclic) bond motifs is 1. The summed E-state index contributed by atoms with van der Waals surface area (Å²) < 4.78 is 11.6. The van der Waals surface area contributed by atoms with Crippen LogP contribution in [0.2, 0.25) is 5.28 Å². The summed E-state index contributed by atoms with van der Waals surface area (Å²) in [6.45, 7) is 6.00. The summed E-state index contributed by atoms with van der Waals surface area (Å²) in [4.78, 5) is 11.1. The van der Waals surface area contributed by atoms with Crippen LogP contribution in [-0.2, 0) is 0 Å². The van der Waals surface area contributed by atoms with E-state index in [4.69, 9.17) is 21.1 Å². The molecule has 9 heteroatoms. The first-order valence-electron chi connectivity index (χ1n) is 9.82. The maximum atomic E-state index is 6.15. The second-order valence-electron chi connectivity index (χ2n) is 7.17. The number of benzene rings is 1. The maximum Gasteiger partial charge on any atom is 0.224 e. The van der Waals surface area contributed by atoms with Crippen LogP contribution in [0, 0.1) is 6.92 Å². The third kappa shape index (κ3) is 4.71. The summed E-state index contributed by atoms with van der Waals surface area (Å²) >= 11 is 6.15. The number of aromatic amines is 1. The third-order valence-electron chi connectivity index (χ3n) is 4.98. The van der Waals surface area contributed by atoms with E-state index >= 15 is 0 Å². The molecule has 1 saturated heterocycles. The van der Waals surface area contributed by atoms with Crippen LogP contribution >= 0.6 is 11.6 Å². The third-order valence-corrected chi connectivity index (χ3v) is 5.15. The summed E-state index contributed by atoms with van der Waals surface area (Å²) in [6.07, 6.45) is 3.57. The van der Waals surface area contributed by atoms with E-state index in [0.717, 1.165) is 24.0 Å². The normalized spacial score (nSPS) is 14.4. The minimum atomic E-state index is 0.150. The lowest BCUT2D eigenvalue weighted by molar-refractivity contribution is 0.254. The molecule has 0 saturated carbocycles. The zero-order chi connectivity index (χ0) is 20.2. The van der Waals surface area contributed by atoms with Crippen molar-refractivity contribution in [1.82, 2.24) is 25.1 Å². The Bertz CT molecular complexity index is 987. The van der Waals surface area contributed by atoms with Gasteiger partial charge in [-0.25, -0.2) is 4.98 Å². The summed E-state index contributed by atoms with van der Waals surface area (Å²) in [5.74, 6) is 2.49. The van der Waals surface area contributed by atoms with Gasteiger partial charge in [-0.15, -0.1) is 0 Å². The van der Waals surface area contributed by atoms with Crippen molar-refractivity contribution in [2.75, 3.05) is 38.7 Å². The van der Waals surface area contributed by atoms with Crippen LogP contribution in [0.4, 0.5) is 11.6 Å². The smallest absolute Gasteiger partial charge is 0.224 e. The molecule has 0 spiro atoms. The lowest BCUT2D eigenvalue weighted by Crippen LogP contribution is -2.21. The molecule has 1 aliphatic heterocycles. The molecule has 8 nitrogen and oxygen atoms in total. The first-order chi connectivity index (χ1) is 14.1. The fourth-order valence-electron chi connectivity index (χ4n) is 3.56. The van der Waals surface area contributed by atoms with Crippen molar-refractivity contribution in [3.8, 4) is 11.5 Å². The van der Waals surface area contributed by atoms with Crippen molar-refractivity contribution >= 4 is 34.1 Å². The van der Waals surface area contributed by atoms with Crippen LogP contribution in [0.5, 0.6) is 11.5 Å². The summed E-state index contributed by atoms with van der Waals surface area (Å²) in [5, 5.41) is 11.2. The minimum absolute atomic E-state index is 0.150. The molecule has 2 aromatic heterocycles. The average molecular weight is 417 g/mol. The van der Waals surface area contributed by atoms with Gasteiger partial charge in [-0.2, -0.15) is 10.1 Å². The number of nitrogens with one attached hydrogen (secondary N) is 2. The van der Waals surface area contributed by atoms with Crippen LogP contribution in [0.1, 0.15) is 25.0 Å². The first kappa shape index (κ1) is 19.7. The Kier molecular flexibility index (Phi) is 6.01. The van der Waals surface area contributed by atoms with E-state index in [2.05, 4.69) is 30.4 Å². The molecule has 2 N–H and O–H groups in total. The topological polar surface area (TPSA) is 88.2 Å². The van der Waals surface area contributed by atoms with Gasteiger partial charge in [0.25, 0.3) is 0 Å². The van der Waals surface area contributed by atoms with Crippen molar-refractivity contribution in [3.05, 3.63) is 29.2 Å². The molecule has 0 aliphatic carbocycles. The standard InChI is InChI=1S/C20H25ClN6O2/c1-13-10-18(26-25-13)23-19-14-11-16(28-2)17(12-15(14)22-20(21)24-19)29-9-5-8-27-6-3-4-7-27/h10-12H,3-9H2,1-2H3,(H2,22,23,24,25,26). The number of hydrogen-bond donors (Lipinski definition) is 2. The number of methoxy groups -OCH3 is 1. The van der Waals surface area contributed by atoms with Crippen LogP contribution in [0.15, 0.2) is 18.2 Å². The number of likely N-dealkylation sites (tertiary alicyclic amines) is 1. The maximum absolute atomic E-state index is 6.15. The molecular weight excluding hydrogens is 392 g/mol. The molecule has 154 valence electrons. The van der Waals surface area contributed by atoms with Crippen molar-refractivity contribution < 1.29 is 9.47 Å². The Morgan fingerprint density at radius 3 is 2.72 bits per heavy atom. The van der Waals surface area contributed by atoms with Gasteiger partial charge in [0, 0.05) is 29.8 Å². The molecule has 29 heavy (non-hydrogen) atoms. The van der Waals surface area contributed by atoms with Crippen LogP contribution in [-0.4, -0.2) is 58.4 Å². The van der Waals surface area contributed by atoms with E-state index in [-0.39, 0.29) is 5.28 Å². The molecule has 0 bridgehead atoms. The van der Waals surface area contributed by atoms with E-state index in [1.165, 1.54) is 25.9 Å². The predicted octanol–water partition coefficient (Wildman–Crippen LogP) is 3.93. The summed E-state index contributed by atoms with van der Waals surface area (Å²) in [5.41, 5.74) is 1.62.